The number of hydrogen-bond acceptors (Lipinski definition) is 4. The Balaban J connectivity index is 1.74. The van der Waals surface area contributed by atoms with Crippen LogP contribution in [0.4, 0.5) is 0 Å². The van der Waals surface area contributed by atoms with Crippen molar-refractivity contribution >= 4 is 10.9 Å². The van der Waals surface area contributed by atoms with E-state index in [4.69, 9.17) is 9.47 Å². The number of methoxy groups -OCH3 is 1. The van der Waals surface area contributed by atoms with Crippen LogP contribution in [0.1, 0.15) is 5.56 Å². The highest BCUT2D eigenvalue weighted by Gasteiger charge is 2.12. The van der Waals surface area contributed by atoms with Crippen LogP contribution < -0.4 is 9.47 Å². The molecule has 0 saturated carbocycles. The van der Waals surface area contributed by atoms with E-state index in [0.717, 1.165) is 27.7 Å². The summed E-state index contributed by atoms with van der Waals surface area (Å²) in [6.45, 7) is 0.467. The van der Waals surface area contributed by atoms with Crippen LogP contribution in [-0.2, 0) is 6.61 Å². The molecule has 0 aliphatic heterocycles. The molecule has 127 valence electrons. The lowest BCUT2D eigenvalue weighted by Gasteiger charge is -2.13. The normalized spacial score (nSPS) is 10.7. The Morgan fingerprint density at radius 3 is 2.50 bits per heavy atom. The first-order valence-electron chi connectivity index (χ1n) is 8.31. The molecule has 0 spiro atoms. The van der Waals surface area contributed by atoms with Crippen molar-refractivity contribution in [1.29, 1.82) is 0 Å². The third kappa shape index (κ3) is 3.22. The first-order valence-corrected chi connectivity index (χ1v) is 8.31. The van der Waals surface area contributed by atoms with Crippen molar-refractivity contribution in [2.24, 2.45) is 0 Å². The van der Waals surface area contributed by atoms with E-state index < -0.39 is 0 Å². The molecule has 0 atom stereocenters. The predicted octanol–water partition coefficient (Wildman–Crippen LogP) is 4.68. The monoisotopic (exact) mass is 341 g/mol. The Morgan fingerprint density at radius 1 is 0.923 bits per heavy atom. The summed E-state index contributed by atoms with van der Waals surface area (Å²) in [4.78, 5) is 8.86. The van der Waals surface area contributed by atoms with Crippen molar-refractivity contribution in [1.82, 2.24) is 9.97 Å². The van der Waals surface area contributed by atoms with Crippen LogP contribution in [-0.4, -0.2) is 17.1 Å². The fourth-order valence-corrected chi connectivity index (χ4v) is 2.85. The summed E-state index contributed by atoms with van der Waals surface area (Å²) in [5, 5.41) is 0.919. The van der Waals surface area contributed by atoms with Crippen LogP contribution in [0.2, 0.25) is 0 Å². The topological polar surface area (TPSA) is 44.2 Å². The van der Waals surface area contributed by atoms with Crippen LogP contribution in [0.15, 0.2) is 73.1 Å². The molecule has 0 saturated heterocycles. The molecule has 3 aromatic carbocycles. The Kier molecular flexibility index (Phi) is 4.48. The first-order chi connectivity index (χ1) is 12.8. The van der Waals surface area contributed by atoms with Crippen molar-refractivity contribution in [2.45, 2.75) is 6.61 Å². The highest BCUT2D eigenvalue weighted by molar-refractivity contribution is 5.94. The molecule has 4 nitrogen and oxygen atoms in total. The first kappa shape index (κ1) is 16.1. The second-order valence-electron chi connectivity index (χ2n) is 5.81. The Bertz CT molecular complexity index is 1020. The van der Waals surface area contributed by atoms with Crippen LogP contribution in [0.25, 0.3) is 22.2 Å². The van der Waals surface area contributed by atoms with Gasteiger partial charge in [-0.1, -0.05) is 54.6 Å². The second kappa shape index (κ2) is 7.23. The zero-order valence-corrected chi connectivity index (χ0v) is 14.3. The minimum absolute atomic E-state index is 0.467. The molecule has 0 aliphatic rings. The fourth-order valence-electron chi connectivity index (χ4n) is 2.85. The molecule has 0 amide bonds. The van der Waals surface area contributed by atoms with Gasteiger partial charge in [-0.3, -0.25) is 0 Å². The van der Waals surface area contributed by atoms with Crippen LogP contribution in [0.3, 0.4) is 0 Å². The maximum absolute atomic E-state index is 5.98. The number of ether oxygens (including phenoxy) is 2. The SMILES string of the molecule is COc1cc2c(-c3cc[c]cc3)ncnc2cc1OCc1ccccc1. The van der Waals surface area contributed by atoms with Crippen LogP contribution in [0.5, 0.6) is 11.5 Å². The smallest absolute Gasteiger partial charge is 0.163 e. The molecule has 4 aromatic rings. The van der Waals surface area contributed by atoms with Crippen molar-refractivity contribution in [3.05, 3.63) is 84.7 Å². The predicted molar refractivity (Wildman–Crippen MR) is 101 cm³/mol. The summed E-state index contributed by atoms with van der Waals surface area (Å²) in [7, 11) is 1.64. The largest absolute Gasteiger partial charge is 0.493 e. The molecule has 4 heteroatoms. The molecule has 1 radical (unpaired) electrons. The van der Waals surface area contributed by atoms with Gasteiger partial charge < -0.3 is 9.47 Å². The van der Waals surface area contributed by atoms with E-state index in [0.29, 0.717) is 18.1 Å². The zero-order chi connectivity index (χ0) is 17.8. The lowest BCUT2D eigenvalue weighted by atomic mass is 10.1. The molecule has 0 unspecified atom stereocenters. The van der Waals surface area contributed by atoms with E-state index in [9.17, 15) is 0 Å². The molecule has 1 aromatic heterocycles. The molecule has 0 bridgehead atoms. The summed E-state index contributed by atoms with van der Waals surface area (Å²) in [6, 6.07) is 24.6. The molecule has 0 aliphatic carbocycles. The summed E-state index contributed by atoms with van der Waals surface area (Å²) in [5.74, 6) is 1.32. The number of rotatable bonds is 5. The number of aromatic nitrogens is 2. The standard InChI is InChI=1S/C22H17N2O2/c1-25-20-12-18-19(13-21(20)26-14-16-8-4-2-5-9-16)23-15-24-22(18)17-10-6-3-7-11-17/h2,4-13,15H,14H2,1H3. The molecule has 4 rings (SSSR count). The molecule has 1 heterocycles. The molecule has 26 heavy (non-hydrogen) atoms. The van der Waals surface area contributed by atoms with E-state index in [2.05, 4.69) is 16.0 Å². The summed E-state index contributed by atoms with van der Waals surface area (Å²) in [6.07, 6.45) is 1.57. The minimum Gasteiger partial charge on any atom is -0.493 e. The quantitative estimate of drug-likeness (QED) is 0.528. The maximum atomic E-state index is 5.98. The number of nitrogens with zero attached hydrogens (tertiary/aromatic N) is 2. The van der Waals surface area contributed by atoms with E-state index in [1.54, 1.807) is 13.4 Å². The third-order valence-electron chi connectivity index (χ3n) is 4.15. The summed E-state index contributed by atoms with van der Waals surface area (Å²) in [5.41, 5.74) is 3.78. The highest BCUT2D eigenvalue weighted by atomic mass is 16.5. The second-order valence-corrected chi connectivity index (χ2v) is 5.81. The Hall–Kier alpha value is -3.40. The van der Waals surface area contributed by atoms with Gasteiger partial charge in [0.15, 0.2) is 11.5 Å². The van der Waals surface area contributed by atoms with Gasteiger partial charge in [-0.2, -0.15) is 0 Å². The Morgan fingerprint density at radius 2 is 1.73 bits per heavy atom. The third-order valence-corrected chi connectivity index (χ3v) is 4.15. The lowest BCUT2D eigenvalue weighted by Crippen LogP contribution is -1.99. The molecule has 0 N–H and O–H groups in total. The van der Waals surface area contributed by atoms with Gasteiger partial charge in [-0.15, -0.1) is 0 Å². The summed E-state index contributed by atoms with van der Waals surface area (Å²) < 4.78 is 11.5. The minimum atomic E-state index is 0.467. The van der Waals surface area contributed by atoms with Crippen molar-refractivity contribution in [2.75, 3.05) is 7.11 Å². The lowest BCUT2D eigenvalue weighted by molar-refractivity contribution is 0.285. The van der Waals surface area contributed by atoms with Gasteiger partial charge in [-0.25, -0.2) is 9.97 Å². The fraction of sp³-hybridized carbons (Fsp3) is 0.0909. The number of hydrogen-bond donors (Lipinski definition) is 0. The van der Waals surface area contributed by atoms with Crippen molar-refractivity contribution in [3.8, 4) is 22.8 Å². The van der Waals surface area contributed by atoms with Crippen molar-refractivity contribution < 1.29 is 9.47 Å². The number of fused-ring (bicyclic) bond motifs is 1. The van der Waals surface area contributed by atoms with Gasteiger partial charge >= 0.3 is 0 Å². The van der Waals surface area contributed by atoms with Gasteiger partial charge in [0.25, 0.3) is 0 Å². The molecule has 0 fully saturated rings. The average molecular weight is 341 g/mol. The van der Waals surface area contributed by atoms with E-state index in [-0.39, 0.29) is 0 Å². The highest BCUT2D eigenvalue weighted by Crippen LogP contribution is 2.35. The zero-order valence-electron chi connectivity index (χ0n) is 14.3. The Labute approximate surface area is 152 Å². The number of benzene rings is 3. The maximum Gasteiger partial charge on any atom is 0.163 e. The van der Waals surface area contributed by atoms with E-state index >= 15 is 0 Å². The van der Waals surface area contributed by atoms with Gasteiger partial charge in [0.2, 0.25) is 0 Å². The van der Waals surface area contributed by atoms with Crippen LogP contribution >= 0.6 is 0 Å². The average Bonchev–Trinajstić information content (AvgIpc) is 2.72. The van der Waals surface area contributed by atoms with Crippen LogP contribution in [0, 0.1) is 6.07 Å². The van der Waals surface area contributed by atoms with E-state index in [1.165, 1.54) is 0 Å². The van der Waals surface area contributed by atoms with Gasteiger partial charge in [0, 0.05) is 17.0 Å². The van der Waals surface area contributed by atoms with Gasteiger partial charge in [-0.05, 0) is 17.7 Å². The van der Waals surface area contributed by atoms with Gasteiger partial charge in [0.1, 0.15) is 12.9 Å². The summed E-state index contributed by atoms with van der Waals surface area (Å²) >= 11 is 0. The van der Waals surface area contributed by atoms with E-state index in [1.807, 2.05) is 66.7 Å². The molecular weight excluding hydrogens is 324 g/mol. The van der Waals surface area contributed by atoms with Gasteiger partial charge in [0.05, 0.1) is 18.3 Å². The van der Waals surface area contributed by atoms with Crippen molar-refractivity contribution in [3.63, 3.8) is 0 Å². The molecular formula is C22H17N2O2.